The normalized spacial score (nSPS) is 10.6. The molecule has 0 saturated heterocycles. The van der Waals surface area contributed by atoms with Crippen molar-refractivity contribution < 1.29 is 14.1 Å². The molecule has 0 aliphatic carbocycles. The van der Waals surface area contributed by atoms with Gasteiger partial charge in [-0.3, -0.25) is 9.78 Å². The highest BCUT2D eigenvalue weighted by molar-refractivity contribution is 5.76. The van der Waals surface area contributed by atoms with E-state index in [9.17, 15) is 4.79 Å². The number of rotatable bonds is 8. The minimum atomic E-state index is 0.0465. The van der Waals surface area contributed by atoms with Crippen molar-refractivity contribution in [1.82, 2.24) is 20.0 Å². The lowest BCUT2D eigenvalue weighted by atomic mass is 10.2. The molecule has 3 aromatic rings. The number of amides is 1. The summed E-state index contributed by atoms with van der Waals surface area (Å²) in [6.07, 6.45) is 5.05. The summed E-state index contributed by atoms with van der Waals surface area (Å²) in [5.74, 6) is 1.71. The van der Waals surface area contributed by atoms with Gasteiger partial charge in [0, 0.05) is 44.4 Å². The summed E-state index contributed by atoms with van der Waals surface area (Å²) >= 11 is 0. The average Bonchev–Trinajstić information content (AvgIpc) is 3.20. The summed E-state index contributed by atoms with van der Waals surface area (Å²) < 4.78 is 10.5. The molecule has 2 heterocycles. The molecule has 7 nitrogen and oxygen atoms in total. The van der Waals surface area contributed by atoms with E-state index < -0.39 is 0 Å². The fraction of sp³-hybridized carbons (Fsp3) is 0.300. The number of carbonyl (C=O) groups excluding carboxylic acids is 1. The van der Waals surface area contributed by atoms with Crippen LogP contribution in [-0.2, 0) is 17.6 Å². The molecule has 0 aliphatic heterocycles. The molecule has 0 bridgehead atoms. The highest BCUT2D eigenvalue weighted by Crippen LogP contribution is 2.21. The maximum Gasteiger partial charge on any atom is 0.227 e. The first-order chi connectivity index (χ1) is 13.2. The Balaban J connectivity index is 1.51. The fourth-order valence-electron chi connectivity index (χ4n) is 2.61. The lowest BCUT2D eigenvalue weighted by Crippen LogP contribution is -2.29. The smallest absolute Gasteiger partial charge is 0.227 e. The van der Waals surface area contributed by atoms with Crippen LogP contribution in [0.15, 0.2) is 53.3 Å². The highest BCUT2D eigenvalue weighted by atomic mass is 16.5. The van der Waals surface area contributed by atoms with Gasteiger partial charge in [-0.25, -0.2) is 0 Å². The van der Waals surface area contributed by atoms with Crippen molar-refractivity contribution in [3.8, 4) is 17.1 Å². The fourth-order valence-corrected chi connectivity index (χ4v) is 2.61. The third-order valence-electron chi connectivity index (χ3n) is 4.26. The van der Waals surface area contributed by atoms with Gasteiger partial charge < -0.3 is 14.2 Å². The van der Waals surface area contributed by atoms with Gasteiger partial charge in [-0.15, -0.1) is 0 Å². The Morgan fingerprint density at radius 1 is 1.19 bits per heavy atom. The standard InChI is InChI=1S/C20H22N4O3/c1-24(13-10-15-8-11-21-12-9-15)19(25)7-6-18-22-20(23-27-18)16-4-3-5-17(14-16)26-2/h3-5,8-9,11-12,14H,6-7,10,13H2,1-2H3. The van der Waals surface area contributed by atoms with Crippen molar-refractivity contribution >= 4 is 5.91 Å². The monoisotopic (exact) mass is 366 g/mol. The summed E-state index contributed by atoms with van der Waals surface area (Å²) in [7, 11) is 3.41. The van der Waals surface area contributed by atoms with E-state index in [0.717, 1.165) is 23.3 Å². The van der Waals surface area contributed by atoms with Crippen LogP contribution in [0, 0.1) is 0 Å². The zero-order valence-electron chi connectivity index (χ0n) is 15.5. The number of carbonyl (C=O) groups is 1. The zero-order valence-corrected chi connectivity index (χ0v) is 15.5. The molecule has 2 aromatic heterocycles. The van der Waals surface area contributed by atoms with Gasteiger partial charge in [0.2, 0.25) is 17.6 Å². The minimum Gasteiger partial charge on any atom is -0.497 e. The zero-order chi connectivity index (χ0) is 19.1. The van der Waals surface area contributed by atoms with E-state index in [0.29, 0.717) is 31.1 Å². The average molecular weight is 366 g/mol. The van der Waals surface area contributed by atoms with E-state index in [2.05, 4.69) is 15.1 Å². The van der Waals surface area contributed by atoms with Gasteiger partial charge in [0.15, 0.2) is 0 Å². The van der Waals surface area contributed by atoms with Gasteiger partial charge in [0.05, 0.1) is 7.11 Å². The van der Waals surface area contributed by atoms with E-state index in [-0.39, 0.29) is 5.91 Å². The minimum absolute atomic E-state index is 0.0465. The number of aromatic nitrogens is 3. The number of benzene rings is 1. The van der Waals surface area contributed by atoms with Gasteiger partial charge in [-0.05, 0) is 36.2 Å². The van der Waals surface area contributed by atoms with E-state index >= 15 is 0 Å². The van der Waals surface area contributed by atoms with Crippen molar-refractivity contribution in [2.24, 2.45) is 0 Å². The lowest BCUT2D eigenvalue weighted by molar-refractivity contribution is -0.129. The van der Waals surface area contributed by atoms with E-state index in [1.54, 1.807) is 31.5 Å². The Hall–Kier alpha value is -3.22. The molecule has 0 fully saturated rings. The lowest BCUT2D eigenvalue weighted by Gasteiger charge is -2.16. The second-order valence-corrected chi connectivity index (χ2v) is 6.16. The number of hydrogen-bond acceptors (Lipinski definition) is 6. The van der Waals surface area contributed by atoms with Crippen LogP contribution in [0.5, 0.6) is 5.75 Å². The summed E-state index contributed by atoms with van der Waals surface area (Å²) in [5, 5.41) is 3.99. The molecule has 27 heavy (non-hydrogen) atoms. The molecule has 0 radical (unpaired) electrons. The van der Waals surface area contributed by atoms with Gasteiger partial charge in [-0.1, -0.05) is 17.3 Å². The molecule has 0 unspecified atom stereocenters. The van der Waals surface area contributed by atoms with E-state index in [1.807, 2.05) is 36.4 Å². The number of hydrogen-bond donors (Lipinski definition) is 0. The van der Waals surface area contributed by atoms with Crippen LogP contribution in [0.25, 0.3) is 11.4 Å². The molecule has 0 aliphatic rings. The topological polar surface area (TPSA) is 81.4 Å². The molecule has 0 spiro atoms. The predicted octanol–water partition coefficient (Wildman–Crippen LogP) is 2.77. The predicted molar refractivity (Wildman–Crippen MR) is 100 cm³/mol. The Kier molecular flexibility index (Phi) is 6.14. The van der Waals surface area contributed by atoms with Gasteiger partial charge in [0.1, 0.15) is 5.75 Å². The van der Waals surface area contributed by atoms with Crippen LogP contribution >= 0.6 is 0 Å². The van der Waals surface area contributed by atoms with Crippen LogP contribution in [0.3, 0.4) is 0 Å². The van der Waals surface area contributed by atoms with Crippen LogP contribution in [0.2, 0.25) is 0 Å². The molecule has 1 aromatic carbocycles. The van der Waals surface area contributed by atoms with E-state index in [1.165, 1.54) is 0 Å². The molecule has 3 rings (SSSR count). The van der Waals surface area contributed by atoms with Crippen molar-refractivity contribution in [3.05, 3.63) is 60.2 Å². The molecule has 1 amide bonds. The second-order valence-electron chi connectivity index (χ2n) is 6.16. The first-order valence-corrected chi connectivity index (χ1v) is 8.75. The van der Waals surface area contributed by atoms with Crippen molar-refractivity contribution in [1.29, 1.82) is 0 Å². The van der Waals surface area contributed by atoms with Crippen molar-refractivity contribution in [2.75, 3.05) is 20.7 Å². The van der Waals surface area contributed by atoms with Gasteiger partial charge in [-0.2, -0.15) is 4.98 Å². The van der Waals surface area contributed by atoms with Crippen molar-refractivity contribution in [3.63, 3.8) is 0 Å². The summed E-state index contributed by atoms with van der Waals surface area (Å²) in [6, 6.07) is 11.4. The molecule has 0 saturated carbocycles. The van der Waals surface area contributed by atoms with E-state index in [4.69, 9.17) is 9.26 Å². The number of pyridine rings is 1. The Bertz CT molecular complexity index is 880. The maximum absolute atomic E-state index is 12.3. The molecule has 0 N–H and O–H groups in total. The molecule has 140 valence electrons. The highest BCUT2D eigenvalue weighted by Gasteiger charge is 2.13. The third kappa shape index (κ3) is 5.13. The first-order valence-electron chi connectivity index (χ1n) is 8.75. The van der Waals surface area contributed by atoms with Gasteiger partial charge in [0.25, 0.3) is 0 Å². The molecular weight excluding hydrogens is 344 g/mol. The molecule has 7 heteroatoms. The summed E-state index contributed by atoms with van der Waals surface area (Å²) in [4.78, 5) is 22.4. The van der Waals surface area contributed by atoms with Crippen molar-refractivity contribution in [2.45, 2.75) is 19.3 Å². The van der Waals surface area contributed by atoms with Gasteiger partial charge >= 0.3 is 0 Å². The van der Waals surface area contributed by atoms with Crippen LogP contribution in [0.4, 0.5) is 0 Å². The second kappa shape index (κ2) is 8.93. The third-order valence-corrected chi connectivity index (χ3v) is 4.26. The largest absolute Gasteiger partial charge is 0.497 e. The number of ether oxygens (including phenoxy) is 1. The quantitative estimate of drug-likeness (QED) is 0.610. The van der Waals surface area contributed by atoms with Crippen LogP contribution in [-0.4, -0.2) is 46.6 Å². The molecular formula is C20H22N4O3. The van der Waals surface area contributed by atoms with Crippen LogP contribution in [0.1, 0.15) is 17.9 Å². The Labute approximate surface area is 158 Å². The maximum atomic E-state index is 12.3. The number of aryl methyl sites for hydroxylation is 1. The number of nitrogens with zero attached hydrogens (tertiary/aromatic N) is 4. The molecule has 0 atom stereocenters. The van der Waals surface area contributed by atoms with Crippen LogP contribution < -0.4 is 4.74 Å². The summed E-state index contributed by atoms with van der Waals surface area (Å²) in [6.45, 7) is 0.655. The number of likely N-dealkylation sites (N-methyl/N-ethyl adjacent to an activating group) is 1. The summed E-state index contributed by atoms with van der Waals surface area (Å²) in [5.41, 5.74) is 1.97. The number of methoxy groups -OCH3 is 1. The Morgan fingerprint density at radius 3 is 2.78 bits per heavy atom. The Morgan fingerprint density at radius 2 is 2.00 bits per heavy atom. The first kappa shape index (κ1) is 18.6. The SMILES string of the molecule is COc1cccc(-c2noc(CCC(=O)N(C)CCc3ccncc3)n2)c1.